The molecule has 2 aromatic rings. The Bertz CT molecular complexity index is 466. The van der Waals surface area contributed by atoms with Crippen molar-refractivity contribution in [1.82, 2.24) is 4.98 Å². The van der Waals surface area contributed by atoms with E-state index in [1.54, 1.807) is 6.07 Å². The van der Waals surface area contributed by atoms with E-state index < -0.39 is 0 Å². The van der Waals surface area contributed by atoms with Crippen LogP contribution >= 0.6 is 0 Å². The molecule has 0 aliphatic rings. The summed E-state index contributed by atoms with van der Waals surface area (Å²) >= 11 is 0. The van der Waals surface area contributed by atoms with Gasteiger partial charge in [-0.1, -0.05) is 13.5 Å². The van der Waals surface area contributed by atoms with Gasteiger partial charge >= 0.3 is 51.4 Å². The molecule has 0 unspecified atom stereocenters. The number of aromatic nitrogens is 2. The maximum absolute atomic E-state index is 10.8. The molecule has 3 nitrogen and oxygen atoms in total. The zero-order valence-corrected chi connectivity index (χ0v) is 14.9. The minimum atomic E-state index is 0. The number of rotatable bonds is 0. The van der Waals surface area contributed by atoms with Crippen LogP contribution in [0, 0.1) is 32.9 Å². The molecular weight excluding hydrogens is 263 g/mol. The topological polar surface area (TPSA) is 39.8 Å². The van der Waals surface area contributed by atoms with Crippen molar-refractivity contribution in [2.75, 3.05) is 0 Å². The Morgan fingerprint density at radius 1 is 1.05 bits per heavy atom. The number of hydrogen-bond acceptors (Lipinski definition) is 2. The Hall–Kier alpha value is -0.264. The Balaban J connectivity index is -0.000000252. The maximum atomic E-state index is 10.8. The molecule has 0 fully saturated rings. The van der Waals surface area contributed by atoms with Gasteiger partial charge in [0.2, 0.25) is 0 Å². The standard InChI is InChI=1S/C7H9NO.C7H9N.CH4.K.H/c1-6-4-3-5-8(9)7(6)2;1-6-4-3-5-8-7(6)2;;;/h3-5H,1-2H3;3-5H,1-2H3;1H4;;/q;;;+1;-1. The van der Waals surface area contributed by atoms with Gasteiger partial charge in [-0.05, 0) is 38.5 Å². The van der Waals surface area contributed by atoms with Crippen molar-refractivity contribution in [1.29, 1.82) is 0 Å². The first-order valence-corrected chi connectivity index (χ1v) is 5.56. The van der Waals surface area contributed by atoms with Crippen molar-refractivity contribution < 1.29 is 57.5 Å². The van der Waals surface area contributed by atoms with E-state index in [-0.39, 0.29) is 60.2 Å². The van der Waals surface area contributed by atoms with Crippen molar-refractivity contribution in [2.24, 2.45) is 0 Å². The molecule has 100 valence electrons. The van der Waals surface area contributed by atoms with Crippen LogP contribution in [0.3, 0.4) is 0 Å². The molecule has 0 saturated carbocycles. The second-order valence-electron chi connectivity index (χ2n) is 4.01. The van der Waals surface area contributed by atoms with E-state index in [2.05, 4.69) is 18.0 Å². The molecule has 0 N–H and O–H groups in total. The van der Waals surface area contributed by atoms with Crippen molar-refractivity contribution >= 4 is 0 Å². The molecule has 0 bridgehead atoms. The minimum absolute atomic E-state index is 0. The third kappa shape index (κ3) is 7.18. The summed E-state index contributed by atoms with van der Waals surface area (Å²) in [7, 11) is 0. The molecule has 0 spiro atoms. The van der Waals surface area contributed by atoms with Gasteiger partial charge in [-0.25, -0.2) is 0 Å². The van der Waals surface area contributed by atoms with Crippen LogP contribution in [0.25, 0.3) is 0 Å². The number of aryl methyl sites for hydroxylation is 3. The van der Waals surface area contributed by atoms with Gasteiger partial charge in [0.15, 0.2) is 11.9 Å². The zero-order valence-electron chi connectivity index (χ0n) is 12.8. The van der Waals surface area contributed by atoms with Crippen molar-refractivity contribution in [3.05, 3.63) is 64.4 Å². The molecule has 2 aromatic heterocycles. The maximum Gasteiger partial charge on any atom is 1.00 e. The fourth-order valence-corrected chi connectivity index (χ4v) is 1.24. The van der Waals surface area contributed by atoms with Gasteiger partial charge in [-0.3, -0.25) is 4.98 Å². The SMILES string of the molecule is C.Cc1ccc[n+]([O-])c1C.Cc1cccnc1C.[H-].[K+]. The van der Waals surface area contributed by atoms with E-state index in [0.29, 0.717) is 0 Å². The van der Waals surface area contributed by atoms with E-state index in [0.717, 1.165) is 21.7 Å². The van der Waals surface area contributed by atoms with E-state index in [1.807, 2.05) is 39.1 Å². The summed E-state index contributed by atoms with van der Waals surface area (Å²) in [4.78, 5) is 4.08. The van der Waals surface area contributed by atoms with Crippen LogP contribution in [-0.4, -0.2) is 4.98 Å². The Labute approximate surface area is 160 Å². The fourth-order valence-electron chi connectivity index (χ4n) is 1.24. The van der Waals surface area contributed by atoms with Crippen LogP contribution in [0.2, 0.25) is 0 Å². The molecule has 0 amide bonds. The summed E-state index contributed by atoms with van der Waals surface area (Å²) in [5.41, 5.74) is 4.19. The molecule has 19 heavy (non-hydrogen) atoms. The van der Waals surface area contributed by atoms with Crippen LogP contribution in [0.5, 0.6) is 0 Å². The summed E-state index contributed by atoms with van der Waals surface area (Å²) in [5.74, 6) is 0. The zero-order chi connectivity index (χ0) is 12.8. The Morgan fingerprint density at radius 3 is 2.00 bits per heavy atom. The molecule has 2 heterocycles. The number of nitrogens with zero attached hydrogens (tertiary/aromatic N) is 2. The normalized spacial score (nSPS) is 8.42. The predicted octanol–water partition coefficient (Wildman–Crippen LogP) is 0.388. The summed E-state index contributed by atoms with van der Waals surface area (Å²) in [6, 6.07) is 7.67. The summed E-state index contributed by atoms with van der Waals surface area (Å²) in [6.45, 7) is 7.80. The quantitative estimate of drug-likeness (QED) is 0.399. The van der Waals surface area contributed by atoms with Gasteiger partial charge in [0.05, 0.1) is 0 Å². The van der Waals surface area contributed by atoms with E-state index >= 15 is 0 Å². The summed E-state index contributed by atoms with van der Waals surface area (Å²) < 4.78 is 0.870. The molecule has 2 rings (SSSR count). The molecule has 0 atom stereocenters. The Morgan fingerprint density at radius 2 is 1.63 bits per heavy atom. The van der Waals surface area contributed by atoms with Crippen molar-refractivity contribution in [2.45, 2.75) is 35.1 Å². The Kier molecular flexibility index (Phi) is 11.6. The molecule has 0 aliphatic carbocycles. The molecule has 0 aromatic carbocycles. The molecular formula is C15H23KN2O. The van der Waals surface area contributed by atoms with Gasteiger partial charge < -0.3 is 6.63 Å². The van der Waals surface area contributed by atoms with Gasteiger partial charge in [0.1, 0.15) is 0 Å². The van der Waals surface area contributed by atoms with Gasteiger partial charge in [-0.2, -0.15) is 4.73 Å². The van der Waals surface area contributed by atoms with E-state index in [9.17, 15) is 5.21 Å². The minimum Gasteiger partial charge on any atom is -1.00 e. The predicted molar refractivity (Wildman–Crippen MR) is 76.4 cm³/mol. The average molecular weight is 286 g/mol. The van der Waals surface area contributed by atoms with E-state index in [4.69, 9.17) is 0 Å². The van der Waals surface area contributed by atoms with Crippen LogP contribution in [0.15, 0.2) is 36.7 Å². The number of pyridine rings is 2. The fraction of sp³-hybridized carbons (Fsp3) is 0.333. The van der Waals surface area contributed by atoms with Gasteiger partial charge in [-0.15, -0.1) is 0 Å². The molecule has 4 heteroatoms. The average Bonchev–Trinajstić information content (AvgIpc) is 2.31. The molecule has 0 aliphatic heterocycles. The third-order valence-corrected chi connectivity index (χ3v) is 2.74. The first-order chi connectivity index (χ1) is 8.02. The van der Waals surface area contributed by atoms with Crippen molar-refractivity contribution in [3.8, 4) is 0 Å². The first kappa shape index (κ1) is 21.0. The smallest absolute Gasteiger partial charge is 1.00 e. The van der Waals surface area contributed by atoms with Crippen molar-refractivity contribution in [3.63, 3.8) is 0 Å². The van der Waals surface area contributed by atoms with E-state index in [1.165, 1.54) is 11.8 Å². The summed E-state index contributed by atoms with van der Waals surface area (Å²) in [5, 5.41) is 10.8. The largest absolute Gasteiger partial charge is 1.00 e. The monoisotopic (exact) mass is 286 g/mol. The van der Waals surface area contributed by atoms with Gasteiger partial charge in [0, 0.05) is 30.4 Å². The second-order valence-corrected chi connectivity index (χ2v) is 4.01. The number of hydrogen-bond donors (Lipinski definition) is 0. The third-order valence-electron chi connectivity index (χ3n) is 2.74. The van der Waals surface area contributed by atoms with Crippen LogP contribution < -0.4 is 56.1 Å². The molecule has 0 saturated heterocycles. The first-order valence-electron chi connectivity index (χ1n) is 5.56. The second kappa shape index (κ2) is 10.5. The molecule has 0 radical (unpaired) electrons. The summed E-state index contributed by atoms with van der Waals surface area (Å²) in [6.07, 6.45) is 3.31. The van der Waals surface area contributed by atoms with Crippen LogP contribution in [-0.2, 0) is 0 Å². The van der Waals surface area contributed by atoms with Crippen LogP contribution in [0.1, 0.15) is 31.4 Å². The van der Waals surface area contributed by atoms with Crippen LogP contribution in [0.4, 0.5) is 0 Å². The van der Waals surface area contributed by atoms with Gasteiger partial charge in [0.25, 0.3) is 0 Å².